The smallest absolute Gasteiger partial charge is 0.417 e. The number of ether oxygens (including phenoxy) is 1. The number of nitro groups is 1. The number of pyridine rings is 1. The maximum absolute atomic E-state index is 12.5. The molecule has 2 rings (SSSR count). The lowest BCUT2D eigenvalue weighted by Crippen LogP contribution is -2.21. The topological polar surface area (TPSA) is 111 Å². The van der Waals surface area contributed by atoms with Crippen LogP contribution in [0.1, 0.15) is 11.1 Å². The van der Waals surface area contributed by atoms with E-state index in [9.17, 15) is 32.9 Å². The SMILES string of the molecule is O=C(COC(=O)C=Cc1ccc([N+](=O)[O-])cc1)Nc1ncc(C(F)(F)F)cc1Cl. The molecule has 8 nitrogen and oxygen atoms in total. The van der Waals surface area contributed by atoms with Crippen LogP contribution in [0, 0.1) is 10.1 Å². The second-order valence-electron chi connectivity index (χ2n) is 5.39. The lowest BCUT2D eigenvalue weighted by Gasteiger charge is -2.10. The average molecular weight is 430 g/mol. The molecule has 1 amide bonds. The Bertz CT molecular complexity index is 962. The number of nitrogens with zero attached hydrogens (tertiary/aromatic N) is 2. The van der Waals surface area contributed by atoms with Crippen LogP contribution >= 0.6 is 11.6 Å². The van der Waals surface area contributed by atoms with Crippen molar-refractivity contribution in [3.05, 3.63) is 68.9 Å². The lowest BCUT2D eigenvalue weighted by molar-refractivity contribution is -0.384. The highest BCUT2D eigenvalue weighted by Crippen LogP contribution is 2.32. The van der Waals surface area contributed by atoms with Crippen LogP contribution in [-0.2, 0) is 20.5 Å². The highest BCUT2D eigenvalue weighted by molar-refractivity contribution is 6.33. The molecule has 2 aromatic rings. The summed E-state index contributed by atoms with van der Waals surface area (Å²) in [6, 6.07) is 5.92. The van der Waals surface area contributed by atoms with E-state index < -0.39 is 40.2 Å². The second kappa shape index (κ2) is 9.15. The van der Waals surface area contributed by atoms with Crippen molar-refractivity contribution in [3.63, 3.8) is 0 Å². The van der Waals surface area contributed by atoms with E-state index >= 15 is 0 Å². The molecule has 1 heterocycles. The maximum atomic E-state index is 12.5. The summed E-state index contributed by atoms with van der Waals surface area (Å²) in [5.74, 6) is -2.07. The van der Waals surface area contributed by atoms with Crippen LogP contribution in [0.5, 0.6) is 0 Å². The fourth-order valence-electron chi connectivity index (χ4n) is 1.91. The minimum atomic E-state index is -4.63. The highest BCUT2D eigenvalue weighted by Gasteiger charge is 2.31. The Balaban J connectivity index is 1.87. The number of anilines is 1. The van der Waals surface area contributed by atoms with Crippen molar-refractivity contribution in [2.24, 2.45) is 0 Å². The van der Waals surface area contributed by atoms with Gasteiger partial charge in [-0.05, 0) is 29.8 Å². The Morgan fingerprint density at radius 2 is 1.93 bits per heavy atom. The number of hydrogen-bond acceptors (Lipinski definition) is 6. The van der Waals surface area contributed by atoms with E-state index in [4.69, 9.17) is 11.6 Å². The number of alkyl halides is 3. The number of non-ortho nitro benzene ring substituents is 1. The van der Waals surface area contributed by atoms with Gasteiger partial charge in [0.05, 0.1) is 15.5 Å². The van der Waals surface area contributed by atoms with E-state index in [1.54, 1.807) is 0 Å². The van der Waals surface area contributed by atoms with Crippen molar-refractivity contribution in [2.45, 2.75) is 6.18 Å². The fourth-order valence-corrected chi connectivity index (χ4v) is 2.12. The van der Waals surface area contributed by atoms with Crippen LogP contribution < -0.4 is 5.32 Å². The molecule has 1 N–H and O–H groups in total. The summed E-state index contributed by atoms with van der Waals surface area (Å²) in [6.45, 7) is -0.734. The summed E-state index contributed by atoms with van der Waals surface area (Å²) in [5.41, 5.74) is -0.710. The quantitative estimate of drug-likeness (QED) is 0.323. The van der Waals surface area contributed by atoms with Crippen LogP contribution in [0.15, 0.2) is 42.6 Å². The van der Waals surface area contributed by atoms with Crippen LogP contribution in [-0.4, -0.2) is 28.4 Å². The molecule has 12 heteroatoms. The number of rotatable bonds is 6. The molecule has 0 spiro atoms. The molecule has 0 saturated carbocycles. The van der Waals surface area contributed by atoms with Gasteiger partial charge in [0, 0.05) is 24.4 Å². The zero-order valence-corrected chi connectivity index (χ0v) is 15.0. The Morgan fingerprint density at radius 1 is 1.28 bits per heavy atom. The number of esters is 1. The van der Waals surface area contributed by atoms with Gasteiger partial charge in [-0.2, -0.15) is 13.2 Å². The summed E-state index contributed by atoms with van der Waals surface area (Å²) >= 11 is 5.65. The predicted molar refractivity (Wildman–Crippen MR) is 96.0 cm³/mol. The summed E-state index contributed by atoms with van der Waals surface area (Å²) < 4.78 is 42.3. The van der Waals surface area contributed by atoms with Gasteiger partial charge in [-0.25, -0.2) is 9.78 Å². The van der Waals surface area contributed by atoms with Crippen LogP contribution in [0.4, 0.5) is 24.7 Å². The van der Waals surface area contributed by atoms with Crippen molar-refractivity contribution in [1.29, 1.82) is 0 Å². The van der Waals surface area contributed by atoms with Gasteiger partial charge in [0.25, 0.3) is 11.6 Å². The summed E-state index contributed by atoms with van der Waals surface area (Å²) in [7, 11) is 0. The standard InChI is InChI=1S/C17H11ClF3N3O5/c18-13-7-11(17(19,20)21)8-22-16(13)23-14(25)9-29-15(26)6-3-10-1-4-12(5-2-10)24(27)28/h1-8H,9H2,(H,22,23,25). The first-order valence-electron chi connectivity index (χ1n) is 7.68. The average Bonchev–Trinajstić information content (AvgIpc) is 2.65. The molecule has 0 aliphatic heterocycles. The molecular formula is C17H11ClF3N3O5. The number of nitrogens with one attached hydrogen (secondary N) is 1. The first kappa shape index (κ1) is 21.8. The molecule has 0 fully saturated rings. The molecule has 29 heavy (non-hydrogen) atoms. The van der Waals surface area contributed by atoms with E-state index in [-0.39, 0.29) is 11.5 Å². The number of amides is 1. The Morgan fingerprint density at radius 3 is 2.48 bits per heavy atom. The summed E-state index contributed by atoms with van der Waals surface area (Å²) in [4.78, 5) is 36.7. The van der Waals surface area contributed by atoms with Gasteiger partial charge in [-0.1, -0.05) is 11.6 Å². The number of carbonyl (C=O) groups excluding carboxylic acids is 2. The van der Waals surface area contributed by atoms with Gasteiger partial charge in [-0.3, -0.25) is 14.9 Å². The zero-order valence-electron chi connectivity index (χ0n) is 14.3. The normalized spacial score (nSPS) is 11.3. The second-order valence-corrected chi connectivity index (χ2v) is 5.80. The monoisotopic (exact) mass is 429 g/mol. The predicted octanol–water partition coefficient (Wildman–Crippen LogP) is 3.86. The molecular weight excluding hydrogens is 419 g/mol. The van der Waals surface area contributed by atoms with E-state index in [0.717, 1.165) is 6.08 Å². The molecule has 0 radical (unpaired) electrons. The third-order valence-electron chi connectivity index (χ3n) is 3.29. The van der Waals surface area contributed by atoms with Gasteiger partial charge in [0.1, 0.15) is 0 Å². The number of hydrogen-bond donors (Lipinski definition) is 1. The number of carbonyl (C=O) groups is 2. The van der Waals surface area contributed by atoms with E-state index in [2.05, 4.69) is 15.0 Å². The van der Waals surface area contributed by atoms with Gasteiger partial charge < -0.3 is 10.1 Å². The van der Waals surface area contributed by atoms with E-state index in [1.165, 1.54) is 30.3 Å². The maximum Gasteiger partial charge on any atom is 0.417 e. The van der Waals surface area contributed by atoms with E-state index in [0.29, 0.717) is 17.8 Å². The molecule has 0 bridgehead atoms. The first-order chi connectivity index (χ1) is 13.6. The Kier molecular flexibility index (Phi) is 6.89. The van der Waals surface area contributed by atoms with Gasteiger partial charge >= 0.3 is 12.1 Å². The zero-order chi connectivity index (χ0) is 21.6. The third-order valence-corrected chi connectivity index (χ3v) is 3.58. The first-order valence-corrected chi connectivity index (χ1v) is 8.06. The highest BCUT2D eigenvalue weighted by atomic mass is 35.5. The summed E-state index contributed by atoms with van der Waals surface area (Å²) in [6.07, 6.45) is -1.82. The molecule has 1 aromatic carbocycles. The van der Waals surface area contributed by atoms with Crippen LogP contribution in [0.3, 0.4) is 0 Å². The minimum absolute atomic E-state index is 0.114. The van der Waals surface area contributed by atoms with E-state index in [1.807, 2.05) is 0 Å². The van der Waals surface area contributed by atoms with Crippen molar-refractivity contribution in [1.82, 2.24) is 4.98 Å². The molecule has 0 saturated heterocycles. The molecule has 1 aromatic heterocycles. The Labute approximate surface area is 166 Å². The number of nitro benzene ring substituents is 1. The number of halogens is 4. The van der Waals surface area contributed by atoms with Gasteiger partial charge in [0.15, 0.2) is 12.4 Å². The van der Waals surface area contributed by atoms with Gasteiger partial charge in [0.2, 0.25) is 0 Å². The van der Waals surface area contributed by atoms with Crippen LogP contribution in [0.25, 0.3) is 6.08 Å². The van der Waals surface area contributed by atoms with Crippen molar-refractivity contribution < 1.29 is 32.4 Å². The Hall–Kier alpha value is -3.47. The van der Waals surface area contributed by atoms with Gasteiger partial charge in [-0.15, -0.1) is 0 Å². The summed E-state index contributed by atoms with van der Waals surface area (Å²) in [5, 5.41) is 12.2. The number of benzene rings is 1. The van der Waals surface area contributed by atoms with Crippen molar-refractivity contribution in [2.75, 3.05) is 11.9 Å². The fraction of sp³-hybridized carbons (Fsp3) is 0.118. The largest absolute Gasteiger partial charge is 0.452 e. The molecule has 0 atom stereocenters. The number of aromatic nitrogens is 1. The minimum Gasteiger partial charge on any atom is -0.452 e. The third kappa shape index (κ3) is 6.57. The lowest BCUT2D eigenvalue weighted by atomic mass is 10.2. The van der Waals surface area contributed by atoms with Crippen molar-refractivity contribution in [3.8, 4) is 0 Å². The molecule has 0 unspecified atom stereocenters. The van der Waals surface area contributed by atoms with Crippen molar-refractivity contribution >= 4 is 41.1 Å². The molecule has 0 aliphatic rings. The van der Waals surface area contributed by atoms with Crippen LogP contribution in [0.2, 0.25) is 5.02 Å². The molecule has 0 aliphatic carbocycles. The molecule has 152 valence electrons.